The third kappa shape index (κ3) is 4.51. The van der Waals surface area contributed by atoms with E-state index in [1.54, 1.807) is 6.33 Å². The first-order chi connectivity index (χ1) is 12.5. The van der Waals surface area contributed by atoms with Crippen LogP contribution in [0.4, 0.5) is 17.6 Å². The number of nitrogens with one attached hydrogen (secondary N) is 1. The molecule has 136 valence electrons. The average Bonchev–Trinajstić information content (AvgIpc) is 3.01. The largest absolute Gasteiger partial charge is 0.368 e. The van der Waals surface area contributed by atoms with E-state index < -0.39 is 0 Å². The molecule has 3 N–H and O–H groups in total. The Morgan fingerprint density at radius 2 is 2.04 bits per heavy atom. The first-order valence-corrected chi connectivity index (χ1v) is 8.43. The van der Waals surface area contributed by atoms with E-state index in [1.165, 1.54) is 0 Å². The molecule has 0 unspecified atom stereocenters. The molecule has 0 saturated carbocycles. The van der Waals surface area contributed by atoms with E-state index in [0.29, 0.717) is 24.9 Å². The molecule has 3 aromatic rings. The molecule has 26 heavy (non-hydrogen) atoms. The van der Waals surface area contributed by atoms with Gasteiger partial charge in [0.05, 0.1) is 13.1 Å². The van der Waals surface area contributed by atoms with E-state index in [-0.39, 0.29) is 5.95 Å². The Morgan fingerprint density at radius 1 is 1.19 bits per heavy atom. The molecule has 3 rings (SSSR count). The summed E-state index contributed by atoms with van der Waals surface area (Å²) in [5.41, 5.74) is 7.91. The zero-order valence-electron chi connectivity index (χ0n) is 15.2. The van der Waals surface area contributed by atoms with Crippen molar-refractivity contribution in [3.05, 3.63) is 47.8 Å². The highest BCUT2D eigenvalue weighted by Gasteiger charge is 2.11. The normalized spacial score (nSPS) is 11.1. The van der Waals surface area contributed by atoms with Gasteiger partial charge in [-0.1, -0.05) is 12.1 Å². The maximum atomic E-state index is 5.85. The fourth-order valence-electron chi connectivity index (χ4n) is 2.62. The molecule has 2 aromatic heterocycles. The van der Waals surface area contributed by atoms with E-state index in [1.807, 2.05) is 42.8 Å². The Hall–Kier alpha value is -3.07. The summed E-state index contributed by atoms with van der Waals surface area (Å²) in [4.78, 5) is 14.9. The SMILES string of the molecule is CCn1cnnc1CN(C)Cc1nc(N)nc(Nc2cccc(C)c2)n1. The summed E-state index contributed by atoms with van der Waals surface area (Å²) in [5, 5.41) is 11.3. The predicted molar refractivity (Wildman–Crippen MR) is 99.6 cm³/mol. The molecule has 0 aliphatic carbocycles. The highest BCUT2D eigenvalue weighted by molar-refractivity contribution is 5.54. The Labute approximate surface area is 152 Å². The molecule has 0 atom stereocenters. The van der Waals surface area contributed by atoms with Gasteiger partial charge in [-0.15, -0.1) is 10.2 Å². The lowest BCUT2D eigenvalue weighted by molar-refractivity contribution is 0.297. The van der Waals surface area contributed by atoms with Gasteiger partial charge >= 0.3 is 0 Å². The molecule has 0 spiro atoms. The summed E-state index contributed by atoms with van der Waals surface area (Å²) in [6.07, 6.45) is 1.73. The van der Waals surface area contributed by atoms with Crippen molar-refractivity contribution in [1.82, 2.24) is 34.6 Å². The van der Waals surface area contributed by atoms with Crippen molar-refractivity contribution < 1.29 is 0 Å². The van der Waals surface area contributed by atoms with Crippen molar-refractivity contribution in [2.24, 2.45) is 0 Å². The summed E-state index contributed by atoms with van der Waals surface area (Å²) in [6, 6.07) is 7.98. The van der Waals surface area contributed by atoms with E-state index >= 15 is 0 Å². The number of aryl methyl sites for hydroxylation is 2. The van der Waals surface area contributed by atoms with Crippen LogP contribution < -0.4 is 11.1 Å². The van der Waals surface area contributed by atoms with Crippen molar-refractivity contribution >= 4 is 17.6 Å². The Bertz CT molecular complexity index is 874. The molecule has 1 aromatic carbocycles. The third-order valence-corrected chi connectivity index (χ3v) is 3.83. The molecule has 0 fully saturated rings. The van der Waals surface area contributed by atoms with E-state index in [2.05, 4.69) is 42.3 Å². The number of nitrogens with two attached hydrogens (primary N) is 1. The van der Waals surface area contributed by atoms with Crippen LogP contribution in [0.5, 0.6) is 0 Å². The lowest BCUT2D eigenvalue weighted by Crippen LogP contribution is -2.22. The summed E-state index contributed by atoms with van der Waals surface area (Å²) in [5.74, 6) is 2.12. The number of anilines is 3. The number of hydrogen-bond donors (Lipinski definition) is 2. The van der Waals surface area contributed by atoms with Gasteiger partial charge in [-0.3, -0.25) is 4.90 Å². The summed E-state index contributed by atoms with van der Waals surface area (Å²) >= 11 is 0. The first kappa shape index (κ1) is 17.7. The van der Waals surface area contributed by atoms with Gasteiger partial charge in [-0.2, -0.15) is 15.0 Å². The monoisotopic (exact) mass is 353 g/mol. The topological polar surface area (TPSA) is 111 Å². The molecule has 0 saturated heterocycles. The predicted octanol–water partition coefficient (Wildman–Crippen LogP) is 1.75. The zero-order chi connectivity index (χ0) is 18.5. The van der Waals surface area contributed by atoms with Gasteiger partial charge in [0.25, 0.3) is 0 Å². The van der Waals surface area contributed by atoms with Crippen LogP contribution in [0.3, 0.4) is 0 Å². The van der Waals surface area contributed by atoms with Crippen molar-refractivity contribution in [3.63, 3.8) is 0 Å². The molecule has 2 heterocycles. The third-order valence-electron chi connectivity index (χ3n) is 3.83. The van der Waals surface area contributed by atoms with Crippen LogP contribution >= 0.6 is 0 Å². The summed E-state index contributed by atoms with van der Waals surface area (Å²) in [7, 11) is 1.97. The van der Waals surface area contributed by atoms with Gasteiger partial charge < -0.3 is 15.6 Å². The van der Waals surface area contributed by atoms with Gasteiger partial charge in [0.1, 0.15) is 18.0 Å². The number of nitrogen functional groups attached to an aromatic ring is 1. The van der Waals surface area contributed by atoms with Crippen LogP contribution in [0.1, 0.15) is 24.1 Å². The second-order valence-electron chi connectivity index (χ2n) is 6.13. The van der Waals surface area contributed by atoms with Crippen molar-refractivity contribution in [2.45, 2.75) is 33.5 Å². The summed E-state index contributed by atoms with van der Waals surface area (Å²) < 4.78 is 2.00. The number of hydrogen-bond acceptors (Lipinski definition) is 8. The lowest BCUT2D eigenvalue weighted by atomic mass is 10.2. The Kier molecular flexibility index (Phi) is 5.37. The van der Waals surface area contributed by atoms with Crippen LogP contribution in [0, 0.1) is 6.92 Å². The van der Waals surface area contributed by atoms with E-state index in [9.17, 15) is 0 Å². The van der Waals surface area contributed by atoms with Crippen molar-refractivity contribution in [2.75, 3.05) is 18.1 Å². The highest BCUT2D eigenvalue weighted by atomic mass is 15.3. The second kappa shape index (κ2) is 7.87. The molecular formula is C17H23N9. The number of benzene rings is 1. The van der Waals surface area contributed by atoms with Crippen LogP contribution in [-0.4, -0.2) is 41.7 Å². The minimum Gasteiger partial charge on any atom is -0.368 e. The lowest BCUT2D eigenvalue weighted by Gasteiger charge is -2.16. The van der Waals surface area contributed by atoms with Crippen LogP contribution in [0.2, 0.25) is 0 Å². The minimum atomic E-state index is 0.190. The minimum absolute atomic E-state index is 0.190. The Morgan fingerprint density at radius 3 is 2.81 bits per heavy atom. The average molecular weight is 353 g/mol. The van der Waals surface area contributed by atoms with Crippen molar-refractivity contribution in [3.8, 4) is 0 Å². The maximum absolute atomic E-state index is 5.85. The summed E-state index contributed by atoms with van der Waals surface area (Å²) in [6.45, 7) is 6.08. The highest BCUT2D eigenvalue weighted by Crippen LogP contribution is 2.15. The standard InChI is InChI=1S/C17H23N9/c1-4-26-11-19-24-15(26)10-25(3)9-14-21-16(18)23-17(22-14)20-13-7-5-6-12(2)8-13/h5-8,11H,4,9-10H2,1-3H3,(H3,18,20,21,22,23). The van der Waals surface area contributed by atoms with Crippen LogP contribution in [0.15, 0.2) is 30.6 Å². The van der Waals surface area contributed by atoms with Crippen molar-refractivity contribution in [1.29, 1.82) is 0 Å². The molecule has 0 amide bonds. The number of nitrogens with zero attached hydrogens (tertiary/aromatic N) is 7. The molecule has 9 nitrogen and oxygen atoms in total. The van der Waals surface area contributed by atoms with Gasteiger partial charge in [0.2, 0.25) is 11.9 Å². The first-order valence-electron chi connectivity index (χ1n) is 8.43. The van der Waals surface area contributed by atoms with Gasteiger partial charge in [0, 0.05) is 12.2 Å². The Balaban J connectivity index is 1.71. The number of aromatic nitrogens is 6. The van der Waals surface area contributed by atoms with E-state index in [4.69, 9.17) is 5.73 Å². The van der Waals surface area contributed by atoms with Gasteiger partial charge in [-0.25, -0.2) is 0 Å². The van der Waals surface area contributed by atoms with Gasteiger partial charge in [0.15, 0.2) is 0 Å². The smallest absolute Gasteiger partial charge is 0.232 e. The molecule has 0 bridgehead atoms. The molecule has 0 aliphatic heterocycles. The fraction of sp³-hybridized carbons (Fsp3) is 0.353. The van der Waals surface area contributed by atoms with E-state index in [0.717, 1.165) is 23.6 Å². The fourth-order valence-corrected chi connectivity index (χ4v) is 2.62. The van der Waals surface area contributed by atoms with Gasteiger partial charge in [-0.05, 0) is 38.6 Å². The number of rotatable bonds is 7. The second-order valence-corrected chi connectivity index (χ2v) is 6.13. The van der Waals surface area contributed by atoms with Crippen LogP contribution in [0.25, 0.3) is 0 Å². The van der Waals surface area contributed by atoms with Crippen LogP contribution in [-0.2, 0) is 19.6 Å². The zero-order valence-corrected chi connectivity index (χ0v) is 15.2. The maximum Gasteiger partial charge on any atom is 0.232 e. The quantitative estimate of drug-likeness (QED) is 0.661. The molecule has 0 radical (unpaired) electrons. The molecule has 9 heteroatoms. The molecular weight excluding hydrogens is 330 g/mol. The molecule has 0 aliphatic rings.